The smallest absolute Gasteiger partial charge is 0.319 e. The maximum Gasteiger partial charge on any atom is 0.319 e. The average Bonchev–Trinajstić information content (AvgIpc) is 2.71. The Hall–Kier alpha value is -2.05. The SMILES string of the molecule is Cn1cc(NC(=O)NC2CCCCC2)c(C(N)=O)n1. The molecule has 0 radical (unpaired) electrons. The van der Waals surface area contributed by atoms with E-state index in [1.54, 1.807) is 13.2 Å². The number of urea groups is 1. The highest BCUT2D eigenvalue weighted by molar-refractivity contribution is 6.01. The number of carbonyl (C=O) groups excluding carboxylic acids is 2. The Morgan fingerprint density at radius 2 is 2.05 bits per heavy atom. The number of primary amides is 1. The molecule has 1 fully saturated rings. The topological polar surface area (TPSA) is 102 Å². The van der Waals surface area contributed by atoms with E-state index in [1.807, 2.05) is 0 Å². The fourth-order valence-corrected chi connectivity index (χ4v) is 2.35. The molecule has 19 heavy (non-hydrogen) atoms. The van der Waals surface area contributed by atoms with Crippen molar-refractivity contribution in [3.05, 3.63) is 11.9 Å². The summed E-state index contributed by atoms with van der Waals surface area (Å²) in [7, 11) is 1.66. The van der Waals surface area contributed by atoms with E-state index in [-0.39, 0.29) is 17.8 Å². The van der Waals surface area contributed by atoms with Crippen LogP contribution in [0.2, 0.25) is 0 Å². The van der Waals surface area contributed by atoms with Crippen LogP contribution in [0.4, 0.5) is 10.5 Å². The molecule has 4 N–H and O–H groups in total. The first-order valence-electron chi connectivity index (χ1n) is 6.47. The van der Waals surface area contributed by atoms with E-state index in [9.17, 15) is 9.59 Å². The van der Waals surface area contributed by atoms with E-state index >= 15 is 0 Å². The third kappa shape index (κ3) is 3.46. The molecule has 0 aliphatic heterocycles. The van der Waals surface area contributed by atoms with Gasteiger partial charge in [-0.05, 0) is 12.8 Å². The van der Waals surface area contributed by atoms with Gasteiger partial charge in [0.1, 0.15) is 0 Å². The quantitative estimate of drug-likeness (QED) is 0.758. The molecule has 1 heterocycles. The fraction of sp³-hybridized carbons (Fsp3) is 0.583. The van der Waals surface area contributed by atoms with E-state index in [1.165, 1.54) is 11.1 Å². The second kappa shape index (κ2) is 5.73. The maximum absolute atomic E-state index is 11.9. The summed E-state index contributed by atoms with van der Waals surface area (Å²) in [5.74, 6) is -0.659. The molecule has 7 heteroatoms. The predicted molar refractivity (Wildman–Crippen MR) is 70.8 cm³/mol. The van der Waals surface area contributed by atoms with Crippen LogP contribution in [0.15, 0.2) is 6.20 Å². The van der Waals surface area contributed by atoms with Gasteiger partial charge in [-0.1, -0.05) is 19.3 Å². The van der Waals surface area contributed by atoms with E-state index in [4.69, 9.17) is 5.73 Å². The molecule has 0 saturated heterocycles. The van der Waals surface area contributed by atoms with E-state index in [0.29, 0.717) is 5.69 Å². The number of hydrogen-bond donors (Lipinski definition) is 3. The summed E-state index contributed by atoms with van der Waals surface area (Å²) in [5, 5.41) is 9.44. The van der Waals surface area contributed by atoms with Crippen LogP contribution in [0.5, 0.6) is 0 Å². The number of hydrogen-bond acceptors (Lipinski definition) is 3. The number of nitrogens with one attached hydrogen (secondary N) is 2. The highest BCUT2D eigenvalue weighted by atomic mass is 16.2. The lowest BCUT2D eigenvalue weighted by Gasteiger charge is -2.22. The van der Waals surface area contributed by atoms with Crippen molar-refractivity contribution in [1.29, 1.82) is 0 Å². The Kier molecular flexibility index (Phi) is 4.03. The minimum atomic E-state index is -0.659. The summed E-state index contributed by atoms with van der Waals surface area (Å²) in [5.41, 5.74) is 5.61. The Bertz CT molecular complexity index is 476. The van der Waals surface area contributed by atoms with Crippen LogP contribution >= 0.6 is 0 Å². The minimum Gasteiger partial charge on any atom is -0.364 e. The summed E-state index contributed by atoms with van der Waals surface area (Å²) in [6.07, 6.45) is 7.08. The van der Waals surface area contributed by atoms with Gasteiger partial charge in [-0.3, -0.25) is 9.48 Å². The molecule has 0 bridgehead atoms. The summed E-state index contributed by atoms with van der Waals surface area (Å²) < 4.78 is 1.44. The predicted octanol–water partition coefficient (Wildman–Crippen LogP) is 0.973. The lowest BCUT2D eigenvalue weighted by molar-refractivity contribution is 0.0995. The van der Waals surface area contributed by atoms with Gasteiger partial charge in [0.15, 0.2) is 5.69 Å². The number of nitrogens with two attached hydrogens (primary N) is 1. The molecule has 1 aromatic rings. The van der Waals surface area contributed by atoms with Crippen molar-refractivity contribution >= 4 is 17.6 Å². The molecule has 1 aromatic heterocycles. The molecule has 1 saturated carbocycles. The summed E-state index contributed by atoms with van der Waals surface area (Å²) in [6.45, 7) is 0. The van der Waals surface area contributed by atoms with Gasteiger partial charge in [-0.15, -0.1) is 0 Å². The normalized spacial score (nSPS) is 16.1. The standard InChI is InChI=1S/C12H19N5O2/c1-17-7-9(10(16-17)11(13)18)15-12(19)14-8-5-3-2-4-6-8/h7-8H,2-6H2,1H3,(H2,13,18)(H2,14,15,19). The first kappa shape index (κ1) is 13.4. The number of anilines is 1. The Morgan fingerprint density at radius 1 is 1.37 bits per heavy atom. The average molecular weight is 265 g/mol. The molecule has 104 valence electrons. The van der Waals surface area contributed by atoms with Gasteiger partial charge in [0, 0.05) is 19.3 Å². The highest BCUT2D eigenvalue weighted by Crippen LogP contribution is 2.18. The molecular weight excluding hydrogens is 246 g/mol. The summed E-state index contributed by atoms with van der Waals surface area (Å²) >= 11 is 0. The monoisotopic (exact) mass is 265 g/mol. The van der Waals surface area contributed by atoms with Crippen molar-refractivity contribution in [3.8, 4) is 0 Å². The number of aromatic nitrogens is 2. The van der Waals surface area contributed by atoms with Gasteiger partial charge >= 0.3 is 6.03 Å². The van der Waals surface area contributed by atoms with Crippen molar-refractivity contribution in [3.63, 3.8) is 0 Å². The zero-order chi connectivity index (χ0) is 13.8. The molecule has 0 aromatic carbocycles. The lowest BCUT2D eigenvalue weighted by Crippen LogP contribution is -2.39. The minimum absolute atomic E-state index is 0.0706. The number of rotatable bonds is 3. The van der Waals surface area contributed by atoms with Crippen LogP contribution in [0.1, 0.15) is 42.6 Å². The lowest BCUT2D eigenvalue weighted by atomic mass is 9.96. The van der Waals surface area contributed by atoms with E-state index < -0.39 is 5.91 Å². The second-order valence-electron chi connectivity index (χ2n) is 4.86. The summed E-state index contributed by atoms with van der Waals surface area (Å²) in [6, 6.07) is -0.107. The van der Waals surface area contributed by atoms with Crippen molar-refractivity contribution in [1.82, 2.24) is 15.1 Å². The largest absolute Gasteiger partial charge is 0.364 e. The first-order chi connectivity index (χ1) is 9.06. The van der Waals surface area contributed by atoms with Crippen LogP contribution in [-0.2, 0) is 7.05 Å². The number of nitrogens with zero attached hydrogens (tertiary/aromatic N) is 2. The van der Waals surface area contributed by atoms with Crippen molar-refractivity contribution < 1.29 is 9.59 Å². The first-order valence-corrected chi connectivity index (χ1v) is 6.47. The zero-order valence-corrected chi connectivity index (χ0v) is 11.0. The van der Waals surface area contributed by atoms with E-state index in [2.05, 4.69) is 15.7 Å². The second-order valence-corrected chi connectivity index (χ2v) is 4.86. The van der Waals surface area contributed by atoms with Crippen LogP contribution in [0.3, 0.4) is 0 Å². The molecule has 0 spiro atoms. The van der Waals surface area contributed by atoms with Gasteiger partial charge < -0.3 is 16.4 Å². The van der Waals surface area contributed by atoms with Crippen LogP contribution in [0.25, 0.3) is 0 Å². The molecule has 0 unspecified atom stereocenters. The molecule has 0 atom stereocenters. The number of carbonyl (C=O) groups is 2. The highest BCUT2D eigenvalue weighted by Gasteiger charge is 2.18. The maximum atomic E-state index is 11.9. The molecule has 1 aliphatic carbocycles. The summed E-state index contributed by atoms with van der Waals surface area (Å²) in [4.78, 5) is 23.0. The van der Waals surface area contributed by atoms with Gasteiger partial charge in [-0.2, -0.15) is 5.10 Å². The van der Waals surface area contributed by atoms with Crippen LogP contribution in [0, 0.1) is 0 Å². The Labute approximate surface area is 111 Å². The fourth-order valence-electron chi connectivity index (χ4n) is 2.35. The van der Waals surface area contributed by atoms with Crippen LogP contribution < -0.4 is 16.4 Å². The zero-order valence-electron chi connectivity index (χ0n) is 11.0. The van der Waals surface area contributed by atoms with Crippen LogP contribution in [-0.4, -0.2) is 27.8 Å². The molecule has 7 nitrogen and oxygen atoms in total. The van der Waals surface area contributed by atoms with Crippen molar-refractivity contribution in [2.75, 3.05) is 5.32 Å². The Morgan fingerprint density at radius 3 is 2.68 bits per heavy atom. The molecular formula is C12H19N5O2. The van der Waals surface area contributed by atoms with Crippen molar-refractivity contribution in [2.24, 2.45) is 12.8 Å². The molecule has 3 amide bonds. The van der Waals surface area contributed by atoms with Crippen molar-refractivity contribution in [2.45, 2.75) is 38.1 Å². The molecule has 2 rings (SSSR count). The van der Waals surface area contributed by atoms with Gasteiger partial charge in [0.25, 0.3) is 5.91 Å². The number of aryl methyl sites for hydroxylation is 1. The third-order valence-electron chi connectivity index (χ3n) is 3.25. The van der Waals surface area contributed by atoms with Gasteiger partial charge in [0.2, 0.25) is 0 Å². The number of amides is 3. The molecule has 1 aliphatic rings. The van der Waals surface area contributed by atoms with Gasteiger partial charge in [0.05, 0.1) is 5.69 Å². The third-order valence-corrected chi connectivity index (χ3v) is 3.25. The van der Waals surface area contributed by atoms with E-state index in [0.717, 1.165) is 25.7 Å². The Balaban J connectivity index is 1.96. The van der Waals surface area contributed by atoms with Gasteiger partial charge in [-0.25, -0.2) is 4.79 Å².